The molecular formula is C22H30OSi. The molecule has 2 heteroatoms. The van der Waals surface area contributed by atoms with Gasteiger partial charge in [-0.2, -0.15) is 0 Å². The third kappa shape index (κ3) is 4.06. The zero-order valence-electron chi connectivity index (χ0n) is 15.3. The van der Waals surface area contributed by atoms with E-state index in [2.05, 4.69) is 51.6 Å². The number of rotatable bonds is 8. The standard InChI is InChI=1S/C22H30OSi/c1-19(2)13-11-12-18-22(3,4)24(23,20-14-7-5-8-15-20)21-16-9-6-10-17-21/h5-10,14-17,23H,1,11-13,18H2,2-4H3. The van der Waals surface area contributed by atoms with Crippen molar-refractivity contribution < 1.29 is 4.80 Å². The van der Waals surface area contributed by atoms with Gasteiger partial charge >= 0.3 is 0 Å². The molecule has 2 rings (SSSR count). The van der Waals surface area contributed by atoms with Crippen LogP contribution < -0.4 is 10.4 Å². The van der Waals surface area contributed by atoms with Crippen molar-refractivity contribution in [2.24, 2.45) is 0 Å². The molecule has 0 radical (unpaired) electrons. The van der Waals surface area contributed by atoms with Gasteiger partial charge < -0.3 is 4.80 Å². The summed E-state index contributed by atoms with van der Waals surface area (Å²) < 4.78 is 0. The van der Waals surface area contributed by atoms with Gasteiger partial charge in [0.1, 0.15) is 0 Å². The fourth-order valence-corrected chi connectivity index (χ4v) is 7.27. The summed E-state index contributed by atoms with van der Waals surface area (Å²) in [5.74, 6) is 0. The molecule has 2 aromatic carbocycles. The van der Waals surface area contributed by atoms with Crippen molar-refractivity contribution in [2.75, 3.05) is 0 Å². The van der Waals surface area contributed by atoms with E-state index in [1.54, 1.807) is 0 Å². The Hall–Kier alpha value is -1.64. The number of hydrogen-bond acceptors (Lipinski definition) is 1. The van der Waals surface area contributed by atoms with Gasteiger partial charge in [-0.3, -0.25) is 0 Å². The minimum absolute atomic E-state index is 0.134. The van der Waals surface area contributed by atoms with E-state index in [0.717, 1.165) is 36.1 Å². The number of unbranched alkanes of at least 4 members (excludes halogenated alkanes) is 1. The molecule has 0 fully saturated rings. The number of allylic oxidation sites excluding steroid dienone is 1. The van der Waals surface area contributed by atoms with E-state index in [1.165, 1.54) is 5.57 Å². The van der Waals surface area contributed by atoms with Crippen LogP contribution in [0.1, 0.15) is 46.5 Å². The summed E-state index contributed by atoms with van der Waals surface area (Å²) in [6.07, 6.45) is 4.36. The molecule has 0 aliphatic heterocycles. The van der Waals surface area contributed by atoms with Gasteiger partial charge in [-0.05, 0) is 41.6 Å². The van der Waals surface area contributed by atoms with Gasteiger partial charge in [0.2, 0.25) is 0 Å². The summed E-state index contributed by atoms with van der Waals surface area (Å²) in [6.45, 7) is 10.6. The molecule has 0 aliphatic rings. The molecule has 0 saturated heterocycles. The Bertz CT molecular complexity index is 607. The van der Waals surface area contributed by atoms with E-state index >= 15 is 0 Å². The molecule has 0 saturated carbocycles. The van der Waals surface area contributed by atoms with E-state index in [9.17, 15) is 4.80 Å². The van der Waals surface area contributed by atoms with E-state index in [4.69, 9.17) is 0 Å². The normalized spacial score (nSPS) is 12.2. The molecule has 0 amide bonds. The Morgan fingerprint density at radius 3 is 1.79 bits per heavy atom. The lowest BCUT2D eigenvalue weighted by molar-refractivity contribution is 0.452. The zero-order valence-corrected chi connectivity index (χ0v) is 16.3. The highest BCUT2D eigenvalue weighted by Crippen LogP contribution is 2.40. The van der Waals surface area contributed by atoms with Crippen LogP contribution >= 0.6 is 0 Å². The van der Waals surface area contributed by atoms with Gasteiger partial charge in [0.15, 0.2) is 0 Å². The molecule has 24 heavy (non-hydrogen) atoms. The molecule has 0 heterocycles. The third-order valence-electron chi connectivity index (χ3n) is 5.02. The number of benzene rings is 2. The van der Waals surface area contributed by atoms with E-state index in [0.29, 0.717) is 0 Å². The van der Waals surface area contributed by atoms with E-state index in [-0.39, 0.29) is 5.04 Å². The Kier molecular flexibility index (Phi) is 6.19. The van der Waals surface area contributed by atoms with Gasteiger partial charge in [0.05, 0.1) is 0 Å². The van der Waals surface area contributed by atoms with Crippen LogP contribution in [0.15, 0.2) is 72.8 Å². The predicted molar refractivity (Wildman–Crippen MR) is 107 cm³/mol. The van der Waals surface area contributed by atoms with Crippen molar-refractivity contribution >= 4 is 18.7 Å². The minimum atomic E-state index is -2.83. The van der Waals surface area contributed by atoms with Crippen LogP contribution in [0.2, 0.25) is 5.04 Å². The Morgan fingerprint density at radius 2 is 1.38 bits per heavy atom. The van der Waals surface area contributed by atoms with Crippen LogP contribution in [0, 0.1) is 0 Å². The summed E-state index contributed by atoms with van der Waals surface area (Å²) in [5.41, 5.74) is 1.24. The first-order valence-corrected chi connectivity index (χ1v) is 10.8. The molecule has 1 nitrogen and oxygen atoms in total. The highest BCUT2D eigenvalue weighted by atomic mass is 28.4. The summed E-state index contributed by atoms with van der Waals surface area (Å²) in [4.78, 5) is 12.0. The SMILES string of the molecule is C=C(C)CCCCC(C)(C)[Si](O)(c1ccccc1)c1ccccc1. The number of hydrogen-bond donors (Lipinski definition) is 1. The van der Waals surface area contributed by atoms with Gasteiger partial charge in [0.25, 0.3) is 8.32 Å². The maximum Gasteiger partial charge on any atom is 0.258 e. The summed E-state index contributed by atoms with van der Waals surface area (Å²) in [5, 5.41) is 2.06. The van der Waals surface area contributed by atoms with Crippen molar-refractivity contribution in [3.8, 4) is 0 Å². The Labute approximate surface area is 148 Å². The van der Waals surface area contributed by atoms with Gasteiger partial charge in [-0.15, -0.1) is 6.58 Å². The first kappa shape index (κ1) is 18.7. The van der Waals surface area contributed by atoms with Gasteiger partial charge in [0, 0.05) is 0 Å². The van der Waals surface area contributed by atoms with E-state index < -0.39 is 8.32 Å². The molecule has 0 aliphatic carbocycles. The average Bonchev–Trinajstić information content (AvgIpc) is 2.59. The summed E-state index contributed by atoms with van der Waals surface area (Å²) >= 11 is 0. The fourth-order valence-electron chi connectivity index (χ4n) is 3.48. The molecule has 0 unspecified atom stereocenters. The fraction of sp³-hybridized carbons (Fsp3) is 0.364. The van der Waals surface area contributed by atoms with Crippen LogP contribution in [-0.2, 0) is 0 Å². The second-order valence-corrected chi connectivity index (χ2v) is 11.4. The quantitative estimate of drug-likeness (QED) is 0.422. The van der Waals surface area contributed by atoms with Gasteiger partial charge in [-0.25, -0.2) is 0 Å². The highest BCUT2D eigenvalue weighted by Gasteiger charge is 2.49. The molecule has 0 spiro atoms. The summed E-state index contributed by atoms with van der Waals surface area (Å²) in [7, 11) is -2.83. The molecule has 1 N–H and O–H groups in total. The molecule has 2 aromatic rings. The molecule has 128 valence electrons. The smallest absolute Gasteiger partial charge is 0.258 e. The minimum Gasteiger partial charge on any atom is -0.424 e. The first-order valence-electron chi connectivity index (χ1n) is 8.86. The molecule has 0 atom stereocenters. The van der Waals surface area contributed by atoms with Crippen LogP contribution in [0.3, 0.4) is 0 Å². The van der Waals surface area contributed by atoms with Crippen molar-refractivity contribution in [1.82, 2.24) is 0 Å². The van der Waals surface area contributed by atoms with Gasteiger partial charge in [-0.1, -0.05) is 86.5 Å². The topological polar surface area (TPSA) is 20.2 Å². The Morgan fingerprint density at radius 1 is 0.917 bits per heavy atom. The van der Waals surface area contributed by atoms with Crippen molar-refractivity contribution in [1.29, 1.82) is 0 Å². The maximum absolute atomic E-state index is 12.0. The lowest BCUT2D eigenvalue weighted by atomic mass is 10.0. The van der Waals surface area contributed by atoms with Crippen molar-refractivity contribution in [3.63, 3.8) is 0 Å². The highest BCUT2D eigenvalue weighted by molar-refractivity contribution is 6.98. The largest absolute Gasteiger partial charge is 0.424 e. The Balaban J connectivity index is 2.34. The molecular weight excluding hydrogens is 308 g/mol. The summed E-state index contributed by atoms with van der Waals surface area (Å²) in [6, 6.07) is 20.5. The van der Waals surface area contributed by atoms with Crippen LogP contribution in [0.25, 0.3) is 0 Å². The first-order chi connectivity index (χ1) is 11.4. The van der Waals surface area contributed by atoms with Crippen LogP contribution in [0.5, 0.6) is 0 Å². The van der Waals surface area contributed by atoms with E-state index in [1.807, 2.05) is 36.4 Å². The predicted octanol–water partition coefficient (Wildman–Crippen LogP) is 4.66. The second-order valence-electron chi connectivity index (χ2n) is 7.49. The molecule has 0 aromatic heterocycles. The van der Waals surface area contributed by atoms with Crippen molar-refractivity contribution in [2.45, 2.75) is 51.5 Å². The molecule has 0 bridgehead atoms. The van der Waals surface area contributed by atoms with Crippen LogP contribution in [0.4, 0.5) is 0 Å². The monoisotopic (exact) mass is 338 g/mol. The van der Waals surface area contributed by atoms with Crippen LogP contribution in [-0.4, -0.2) is 13.1 Å². The average molecular weight is 339 g/mol. The lowest BCUT2D eigenvalue weighted by Crippen LogP contribution is -2.65. The second kappa shape index (κ2) is 7.95. The third-order valence-corrected chi connectivity index (χ3v) is 9.56. The lowest BCUT2D eigenvalue weighted by Gasteiger charge is -2.41. The van der Waals surface area contributed by atoms with Crippen molar-refractivity contribution in [3.05, 3.63) is 72.8 Å². The maximum atomic E-state index is 12.0. The zero-order chi connectivity index (χ0) is 17.6.